The Balaban J connectivity index is 2.98. The van der Waals surface area contributed by atoms with Crippen molar-refractivity contribution < 1.29 is 19.8 Å². The number of carbonyl (C=O) groups excluding carboxylic acids is 1. The molecular weight excluding hydrogens is 300 g/mol. The summed E-state index contributed by atoms with van der Waals surface area (Å²) in [5.74, 6) is -0.313. The van der Waals surface area contributed by atoms with Crippen LogP contribution in [0.2, 0.25) is 0 Å². The van der Waals surface area contributed by atoms with Gasteiger partial charge in [-0.2, -0.15) is 5.10 Å². The van der Waals surface area contributed by atoms with E-state index in [2.05, 4.69) is 15.5 Å². The number of rotatable bonds is 7. The van der Waals surface area contributed by atoms with Gasteiger partial charge in [-0.3, -0.25) is 14.8 Å². The van der Waals surface area contributed by atoms with Gasteiger partial charge in [0.2, 0.25) is 0 Å². The van der Waals surface area contributed by atoms with Crippen LogP contribution in [0.1, 0.15) is 47.0 Å². The van der Waals surface area contributed by atoms with Crippen LogP contribution in [0.25, 0.3) is 0 Å². The third kappa shape index (κ3) is 5.24. The van der Waals surface area contributed by atoms with Gasteiger partial charge in [0.05, 0.1) is 12.2 Å². The highest BCUT2D eigenvalue weighted by atomic mass is 16.4. The standard InChI is InChI=1S/C15H26N4O4/c1-5-6-7-10(19(14(22)23)15(2,3)4)12(20)13(21)17-11-8-9-16-18-11/h8-10,12,20H,5-7H2,1-4H3,(H,22,23)(H2,16,17,18,21)/t10-,12?/m0/s1. The normalized spacial score (nSPS) is 14.1. The first kappa shape index (κ1) is 19.0. The van der Waals surface area contributed by atoms with E-state index in [1.165, 1.54) is 6.20 Å². The molecular formula is C15H26N4O4. The van der Waals surface area contributed by atoms with Crippen LogP contribution >= 0.6 is 0 Å². The maximum Gasteiger partial charge on any atom is 0.408 e. The van der Waals surface area contributed by atoms with Crippen molar-refractivity contribution in [1.29, 1.82) is 0 Å². The monoisotopic (exact) mass is 326 g/mol. The van der Waals surface area contributed by atoms with Crippen LogP contribution in [0.15, 0.2) is 12.3 Å². The number of aliphatic hydroxyl groups is 1. The van der Waals surface area contributed by atoms with Crippen molar-refractivity contribution in [2.75, 3.05) is 5.32 Å². The number of aromatic nitrogens is 2. The van der Waals surface area contributed by atoms with Gasteiger partial charge in [-0.25, -0.2) is 4.79 Å². The van der Waals surface area contributed by atoms with Gasteiger partial charge in [0.15, 0.2) is 6.10 Å². The lowest BCUT2D eigenvalue weighted by atomic mass is 9.96. The predicted octanol–water partition coefficient (Wildman–Crippen LogP) is 2.05. The molecule has 0 fully saturated rings. The molecule has 0 aliphatic rings. The fourth-order valence-corrected chi connectivity index (χ4v) is 2.47. The Hall–Kier alpha value is -2.09. The zero-order valence-electron chi connectivity index (χ0n) is 14.0. The summed E-state index contributed by atoms with van der Waals surface area (Å²) in [6.07, 6.45) is 0.779. The summed E-state index contributed by atoms with van der Waals surface area (Å²) >= 11 is 0. The number of unbranched alkanes of at least 4 members (excludes halogenated alkanes) is 1. The molecule has 130 valence electrons. The van der Waals surface area contributed by atoms with Crippen LogP contribution < -0.4 is 5.32 Å². The zero-order valence-corrected chi connectivity index (χ0v) is 14.0. The number of H-pyrrole nitrogens is 1. The van der Waals surface area contributed by atoms with Gasteiger partial charge in [0.1, 0.15) is 5.82 Å². The highest BCUT2D eigenvalue weighted by molar-refractivity contribution is 5.94. The Labute approximate surface area is 135 Å². The predicted molar refractivity (Wildman–Crippen MR) is 86.2 cm³/mol. The molecule has 0 aliphatic carbocycles. The largest absolute Gasteiger partial charge is 0.465 e. The molecule has 1 aromatic rings. The number of hydrogen-bond acceptors (Lipinski definition) is 4. The van der Waals surface area contributed by atoms with E-state index in [1.807, 2.05) is 6.92 Å². The third-order valence-corrected chi connectivity index (χ3v) is 3.51. The van der Waals surface area contributed by atoms with E-state index >= 15 is 0 Å². The average Bonchev–Trinajstić information content (AvgIpc) is 2.93. The molecule has 8 heteroatoms. The summed E-state index contributed by atoms with van der Waals surface area (Å²) in [4.78, 5) is 25.1. The van der Waals surface area contributed by atoms with Crippen molar-refractivity contribution in [2.45, 2.75) is 64.6 Å². The number of anilines is 1. The van der Waals surface area contributed by atoms with Gasteiger partial charge in [-0.1, -0.05) is 19.8 Å². The number of nitrogens with zero attached hydrogens (tertiary/aromatic N) is 2. The third-order valence-electron chi connectivity index (χ3n) is 3.51. The van der Waals surface area contributed by atoms with Gasteiger partial charge in [0.25, 0.3) is 5.91 Å². The summed E-state index contributed by atoms with van der Waals surface area (Å²) in [5, 5.41) is 28.7. The topological polar surface area (TPSA) is 119 Å². The maximum absolute atomic E-state index is 12.2. The Morgan fingerprint density at radius 3 is 2.52 bits per heavy atom. The lowest BCUT2D eigenvalue weighted by molar-refractivity contribution is -0.128. The fraction of sp³-hybridized carbons (Fsp3) is 0.667. The molecule has 0 bridgehead atoms. The lowest BCUT2D eigenvalue weighted by Crippen LogP contribution is -2.57. The SMILES string of the molecule is CCCC[C@@H](C(O)C(=O)Nc1ccn[nH]1)N(C(=O)O)C(C)(C)C. The number of aromatic amines is 1. The van der Waals surface area contributed by atoms with E-state index in [4.69, 9.17) is 0 Å². The van der Waals surface area contributed by atoms with Gasteiger partial charge in [-0.05, 0) is 27.2 Å². The Kier molecular flexibility index (Phi) is 6.56. The van der Waals surface area contributed by atoms with Gasteiger partial charge >= 0.3 is 6.09 Å². The van der Waals surface area contributed by atoms with Gasteiger partial charge in [-0.15, -0.1) is 0 Å². The van der Waals surface area contributed by atoms with Crippen molar-refractivity contribution >= 4 is 17.8 Å². The van der Waals surface area contributed by atoms with Crippen molar-refractivity contribution in [2.24, 2.45) is 0 Å². The summed E-state index contributed by atoms with van der Waals surface area (Å²) in [7, 11) is 0. The zero-order chi connectivity index (χ0) is 17.6. The second-order valence-corrected chi connectivity index (χ2v) is 6.44. The highest BCUT2D eigenvalue weighted by Gasteiger charge is 2.39. The number of carbonyl (C=O) groups is 2. The molecule has 0 aliphatic heterocycles. The van der Waals surface area contributed by atoms with E-state index in [0.717, 1.165) is 11.3 Å². The van der Waals surface area contributed by atoms with E-state index in [-0.39, 0.29) is 0 Å². The van der Waals surface area contributed by atoms with Crippen molar-refractivity contribution in [1.82, 2.24) is 15.1 Å². The molecule has 8 nitrogen and oxygen atoms in total. The lowest BCUT2D eigenvalue weighted by Gasteiger charge is -2.41. The van der Waals surface area contributed by atoms with Crippen LogP contribution in [0.5, 0.6) is 0 Å². The van der Waals surface area contributed by atoms with Crippen LogP contribution in [0, 0.1) is 0 Å². The molecule has 1 rings (SSSR count). The number of amides is 2. The summed E-state index contributed by atoms with van der Waals surface area (Å²) < 4.78 is 0. The first-order chi connectivity index (χ1) is 10.7. The number of nitrogens with one attached hydrogen (secondary N) is 2. The molecule has 0 radical (unpaired) electrons. The second-order valence-electron chi connectivity index (χ2n) is 6.44. The van der Waals surface area contributed by atoms with Gasteiger partial charge < -0.3 is 15.5 Å². The van der Waals surface area contributed by atoms with Crippen LogP contribution in [0.3, 0.4) is 0 Å². The van der Waals surface area contributed by atoms with Crippen LogP contribution in [-0.4, -0.2) is 55.0 Å². The van der Waals surface area contributed by atoms with Crippen LogP contribution in [0.4, 0.5) is 10.6 Å². The van der Waals surface area contributed by atoms with Crippen molar-refractivity contribution in [3.8, 4) is 0 Å². The van der Waals surface area contributed by atoms with Crippen molar-refractivity contribution in [3.05, 3.63) is 12.3 Å². The first-order valence-corrected chi connectivity index (χ1v) is 7.69. The first-order valence-electron chi connectivity index (χ1n) is 7.69. The Morgan fingerprint density at radius 1 is 1.43 bits per heavy atom. The van der Waals surface area contributed by atoms with E-state index in [1.54, 1.807) is 26.8 Å². The van der Waals surface area contributed by atoms with Gasteiger partial charge in [0, 0.05) is 11.6 Å². The van der Waals surface area contributed by atoms with Crippen molar-refractivity contribution in [3.63, 3.8) is 0 Å². The minimum atomic E-state index is -1.47. The molecule has 2 atom stereocenters. The molecule has 0 saturated heterocycles. The van der Waals surface area contributed by atoms with E-state index in [0.29, 0.717) is 18.7 Å². The molecule has 1 unspecified atom stereocenters. The second kappa shape index (κ2) is 7.96. The van der Waals surface area contributed by atoms with E-state index in [9.17, 15) is 19.8 Å². The highest BCUT2D eigenvalue weighted by Crippen LogP contribution is 2.24. The minimum absolute atomic E-state index is 0.348. The fourth-order valence-electron chi connectivity index (χ4n) is 2.47. The molecule has 0 saturated carbocycles. The Bertz CT molecular complexity index is 510. The molecule has 1 aromatic heterocycles. The van der Waals surface area contributed by atoms with E-state index < -0.39 is 29.7 Å². The molecule has 0 aromatic carbocycles. The smallest absolute Gasteiger partial charge is 0.408 e. The number of carboxylic acid groups (broad SMARTS) is 1. The molecule has 4 N–H and O–H groups in total. The maximum atomic E-state index is 12.2. The minimum Gasteiger partial charge on any atom is -0.465 e. The quantitative estimate of drug-likeness (QED) is 0.611. The molecule has 2 amide bonds. The molecule has 0 spiro atoms. The number of hydrogen-bond donors (Lipinski definition) is 4. The molecule has 1 heterocycles. The summed E-state index contributed by atoms with van der Waals surface area (Å²) in [6, 6.07) is 0.722. The summed E-state index contributed by atoms with van der Waals surface area (Å²) in [6.45, 7) is 7.18. The number of aliphatic hydroxyl groups excluding tert-OH is 1. The average molecular weight is 326 g/mol. The Morgan fingerprint density at radius 2 is 2.09 bits per heavy atom. The van der Waals surface area contributed by atoms with Crippen LogP contribution in [-0.2, 0) is 4.79 Å². The molecule has 23 heavy (non-hydrogen) atoms. The summed E-state index contributed by atoms with van der Waals surface area (Å²) in [5.41, 5.74) is -0.737.